The molecule has 0 unspecified atom stereocenters. The van der Waals surface area contributed by atoms with Crippen molar-refractivity contribution in [2.75, 3.05) is 18.8 Å². The van der Waals surface area contributed by atoms with E-state index in [2.05, 4.69) is 22.1 Å². The molecule has 1 aliphatic heterocycles. The van der Waals surface area contributed by atoms with E-state index < -0.39 is 0 Å². The van der Waals surface area contributed by atoms with Crippen LogP contribution in [0.2, 0.25) is 0 Å². The molecule has 6 heteroatoms. The largest absolute Gasteiger partial charge is 0.366 e. The van der Waals surface area contributed by atoms with Crippen LogP contribution in [0.15, 0.2) is 0 Å². The molecule has 1 amide bonds. The first-order valence-electron chi connectivity index (χ1n) is 5.14. The number of piperidine rings is 1. The third kappa shape index (κ3) is 2.08. The van der Waals surface area contributed by atoms with Gasteiger partial charge in [-0.2, -0.15) is 4.98 Å². The first-order valence-corrected chi connectivity index (χ1v) is 5.14. The van der Waals surface area contributed by atoms with Gasteiger partial charge < -0.3 is 10.6 Å². The summed E-state index contributed by atoms with van der Waals surface area (Å²) in [7, 11) is 0. The standard InChI is InChI=1S/C9H15N5O/c1-6-2-4-14(5-3-6)8(15)7-11-9(10)13-12-7/h6H,2-5H2,1H3,(H3,10,11,12,13). The van der Waals surface area contributed by atoms with E-state index >= 15 is 0 Å². The second-order valence-corrected chi connectivity index (χ2v) is 4.02. The molecule has 0 saturated carbocycles. The van der Waals surface area contributed by atoms with Gasteiger partial charge in [-0.05, 0) is 18.8 Å². The summed E-state index contributed by atoms with van der Waals surface area (Å²) in [5.41, 5.74) is 5.34. The maximum atomic E-state index is 11.9. The molecule has 0 spiro atoms. The average molecular weight is 209 g/mol. The Morgan fingerprint density at radius 3 is 2.73 bits per heavy atom. The summed E-state index contributed by atoms with van der Waals surface area (Å²) in [6.45, 7) is 3.79. The Kier molecular flexibility index (Phi) is 2.57. The molecule has 1 fully saturated rings. The predicted molar refractivity (Wildman–Crippen MR) is 55.1 cm³/mol. The van der Waals surface area contributed by atoms with Crippen molar-refractivity contribution in [1.82, 2.24) is 20.1 Å². The van der Waals surface area contributed by atoms with Crippen LogP contribution in [0.5, 0.6) is 0 Å². The van der Waals surface area contributed by atoms with Crippen molar-refractivity contribution in [2.24, 2.45) is 5.92 Å². The molecule has 0 radical (unpaired) electrons. The number of carbonyl (C=O) groups excluding carboxylic acids is 1. The van der Waals surface area contributed by atoms with E-state index in [0.29, 0.717) is 5.92 Å². The quantitative estimate of drug-likeness (QED) is 0.694. The minimum Gasteiger partial charge on any atom is -0.366 e. The van der Waals surface area contributed by atoms with Crippen LogP contribution in [0.25, 0.3) is 0 Å². The Morgan fingerprint density at radius 2 is 2.20 bits per heavy atom. The first-order chi connectivity index (χ1) is 7.16. The molecule has 15 heavy (non-hydrogen) atoms. The number of nitrogens with one attached hydrogen (secondary N) is 1. The summed E-state index contributed by atoms with van der Waals surface area (Å²) in [6, 6.07) is 0. The molecule has 2 heterocycles. The summed E-state index contributed by atoms with van der Waals surface area (Å²) in [5.74, 6) is 0.950. The zero-order valence-electron chi connectivity index (χ0n) is 8.73. The van der Waals surface area contributed by atoms with Crippen LogP contribution in [-0.2, 0) is 0 Å². The van der Waals surface area contributed by atoms with Crippen molar-refractivity contribution in [3.63, 3.8) is 0 Å². The van der Waals surface area contributed by atoms with E-state index in [1.807, 2.05) is 0 Å². The van der Waals surface area contributed by atoms with Crippen LogP contribution >= 0.6 is 0 Å². The van der Waals surface area contributed by atoms with E-state index in [1.165, 1.54) is 0 Å². The number of H-pyrrole nitrogens is 1. The monoisotopic (exact) mass is 209 g/mol. The molecule has 1 aliphatic rings. The third-order valence-corrected chi connectivity index (χ3v) is 2.78. The Balaban J connectivity index is 2.02. The van der Waals surface area contributed by atoms with Crippen LogP contribution in [0, 0.1) is 5.92 Å². The van der Waals surface area contributed by atoms with Gasteiger partial charge in [0, 0.05) is 13.1 Å². The molecule has 0 atom stereocenters. The molecular weight excluding hydrogens is 194 g/mol. The highest BCUT2D eigenvalue weighted by Gasteiger charge is 2.23. The lowest BCUT2D eigenvalue weighted by Crippen LogP contribution is -2.38. The summed E-state index contributed by atoms with van der Waals surface area (Å²) < 4.78 is 0. The number of nitrogens with zero attached hydrogens (tertiary/aromatic N) is 3. The molecule has 0 bridgehead atoms. The number of nitrogens with two attached hydrogens (primary N) is 1. The predicted octanol–water partition coefficient (Wildman–Crippen LogP) is 0.259. The molecular formula is C9H15N5O. The number of aromatic nitrogens is 3. The molecule has 1 saturated heterocycles. The van der Waals surface area contributed by atoms with Gasteiger partial charge in [0.25, 0.3) is 5.91 Å². The van der Waals surface area contributed by atoms with Gasteiger partial charge in [-0.15, -0.1) is 5.10 Å². The van der Waals surface area contributed by atoms with Gasteiger partial charge in [0.15, 0.2) is 0 Å². The fourth-order valence-corrected chi connectivity index (χ4v) is 1.73. The summed E-state index contributed by atoms with van der Waals surface area (Å²) in [6.07, 6.45) is 2.10. The van der Waals surface area contributed by atoms with Crippen molar-refractivity contribution >= 4 is 11.9 Å². The molecule has 0 aliphatic carbocycles. The van der Waals surface area contributed by atoms with Crippen LogP contribution in [0.4, 0.5) is 5.95 Å². The Bertz CT molecular complexity index is 353. The number of nitrogen functional groups attached to an aromatic ring is 1. The highest BCUT2D eigenvalue weighted by Crippen LogP contribution is 2.17. The molecule has 1 aromatic heterocycles. The van der Waals surface area contributed by atoms with Crippen molar-refractivity contribution in [1.29, 1.82) is 0 Å². The molecule has 3 N–H and O–H groups in total. The van der Waals surface area contributed by atoms with E-state index in [-0.39, 0.29) is 17.7 Å². The van der Waals surface area contributed by atoms with Gasteiger partial charge in [-0.1, -0.05) is 6.92 Å². The number of carbonyl (C=O) groups is 1. The summed E-state index contributed by atoms with van der Waals surface area (Å²) in [5, 5.41) is 6.18. The Labute approximate surface area is 87.9 Å². The first kappa shape index (κ1) is 9.95. The van der Waals surface area contributed by atoms with Crippen molar-refractivity contribution in [2.45, 2.75) is 19.8 Å². The number of likely N-dealkylation sites (tertiary alicyclic amines) is 1. The van der Waals surface area contributed by atoms with Gasteiger partial charge in [-0.25, -0.2) is 0 Å². The van der Waals surface area contributed by atoms with Crippen molar-refractivity contribution < 1.29 is 4.79 Å². The number of amides is 1. The topological polar surface area (TPSA) is 87.9 Å². The molecule has 82 valence electrons. The van der Waals surface area contributed by atoms with E-state index in [4.69, 9.17) is 5.73 Å². The number of aromatic amines is 1. The smallest absolute Gasteiger partial charge is 0.291 e. The minimum absolute atomic E-state index is 0.105. The highest BCUT2D eigenvalue weighted by atomic mass is 16.2. The lowest BCUT2D eigenvalue weighted by Gasteiger charge is -2.29. The van der Waals surface area contributed by atoms with Crippen molar-refractivity contribution in [3.8, 4) is 0 Å². The third-order valence-electron chi connectivity index (χ3n) is 2.78. The van der Waals surface area contributed by atoms with Gasteiger partial charge in [-0.3, -0.25) is 9.89 Å². The highest BCUT2D eigenvalue weighted by molar-refractivity contribution is 5.90. The van der Waals surface area contributed by atoms with Crippen LogP contribution in [0.1, 0.15) is 30.4 Å². The van der Waals surface area contributed by atoms with E-state index in [0.717, 1.165) is 25.9 Å². The number of anilines is 1. The number of hydrogen-bond donors (Lipinski definition) is 2. The number of hydrogen-bond acceptors (Lipinski definition) is 4. The van der Waals surface area contributed by atoms with Crippen LogP contribution in [0.3, 0.4) is 0 Å². The minimum atomic E-state index is -0.105. The van der Waals surface area contributed by atoms with Gasteiger partial charge >= 0.3 is 0 Å². The van der Waals surface area contributed by atoms with Crippen LogP contribution in [-0.4, -0.2) is 39.1 Å². The maximum Gasteiger partial charge on any atom is 0.291 e. The fourth-order valence-electron chi connectivity index (χ4n) is 1.73. The summed E-state index contributed by atoms with van der Waals surface area (Å²) >= 11 is 0. The lowest BCUT2D eigenvalue weighted by molar-refractivity contribution is 0.0685. The SMILES string of the molecule is CC1CCN(C(=O)c2nc(N)n[nH]2)CC1. The Morgan fingerprint density at radius 1 is 1.53 bits per heavy atom. The second kappa shape index (κ2) is 3.88. The molecule has 2 rings (SSSR count). The normalized spacial score (nSPS) is 18.1. The maximum absolute atomic E-state index is 11.9. The molecule has 0 aromatic carbocycles. The van der Waals surface area contributed by atoms with E-state index in [9.17, 15) is 4.79 Å². The van der Waals surface area contributed by atoms with Crippen LogP contribution < -0.4 is 5.73 Å². The van der Waals surface area contributed by atoms with Gasteiger partial charge in [0.05, 0.1) is 0 Å². The summed E-state index contributed by atoms with van der Waals surface area (Å²) in [4.78, 5) is 17.5. The zero-order chi connectivity index (χ0) is 10.8. The van der Waals surface area contributed by atoms with E-state index in [1.54, 1.807) is 4.90 Å². The number of rotatable bonds is 1. The van der Waals surface area contributed by atoms with Crippen molar-refractivity contribution in [3.05, 3.63) is 5.82 Å². The van der Waals surface area contributed by atoms with Gasteiger partial charge in [0.2, 0.25) is 11.8 Å². The zero-order valence-corrected chi connectivity index (χ0v) is 8.73. The fraction of sp³-hybridized carbons (Fsp3) is 0.667. The van der Waals surface area contributed by atoms with Gasteiger partial charge in [0.1, 0.15) is 0 Å². The molecule has 1 aromatic rings. The lowest BCUT2D eigenvalue weighted by atomic mass is 9.99. The average Bonchev–Trinajstić information content (AvgIpc) is 2.65. The Hall–Kier alpha value is -1.59. The second-order valence-electron chi connectivity index (χ2n) is 4.02. The molecule has 6 nitrogen and oxygen atoms in total.